The van der Waals surface area contributed by atoms with Gasteiger partial charge in [0.25, 0.3) is 5.91 Å². The number of halogens is 2. The van der Waals surface area contributed by atoms with Crippen LogP contribution in [0.5, 0.6) is 0 Å². The van der Waals surface area contributed by atoms with Crippen molar-refractivity contribution >= 4 is 17.7 Å². The van der Waals surface area contributed by atoms with Crippen molar-refractivity contribution in [1.29, 1.82) is 0 Å². The summed E-state index contributed by atoms with van der Waals surface area (Å²) < 4.78 is 27.4. The zero-order valence-electron chi connectivity index (χ0n) is 17.9. The van der Waals surface area contributed by atoms with E-state index >= 15 is 0 Å². The number of ketones is 1. The van der Waals surface area contributed by atoms with E-state index in [1.165, 1.54) is 6.42 Å². The van der Waals surface area contributed by atoms with Crippen molar-refractivity contribution in [2.75, 3.05) is 0 Å². The maximum absolute atomic E-state index is 13.7. The van der Waals surface area contributed by atoms with Gasteiger partial charge in [0.1, 0.15) is 17.2 Å². The molecule has 1 aromatic carbocycles. The molecule has 3 aliphatic carbocycles. The maximum atomic E-state index is 13.7. The van der Waals surface area contributed by atoms with Gasteiger partial charge in [-0.25, -0.2) is 13.6 Å². The van der Waals surface area contributed by atoms with Crippen molar-refractivity contribution in [3.63, 3.8) is 0 Å². The summed E-state index contributed by atoms with van der Waals surface area (Å²) in [6, 6.07) is 1.95. The van der Waals surface area contributed by atoms with Crippen LogP contribution in [0.15, 0.2) is 41.6 Å². The molecule has 1 aromatic rings. The Morgan fingerprint density at radius 1 is 1.10 bits per heavy atom. The van der Waals surface area contributed by atoms with Crippen molar-refractivity contribution in [3.05, 3.63) is 58.8 Å². The first kappa shape index (κ1) is 21.4. The zero-order chi connectivity index (χ0) is 22.6. The van der Waals surface area contributed by atoms with Gasteiger partial charge in [-0.15, -0.1) is 0 Å². The highest BCUT2D eigenvalue weighted by atomic mass is 19.1. The Morgan fingerprint density at radius 2 is 1.77 bits per heavy atom. The molecule has 0 heterocycles. The second kappa shape index (κ2) is 7.39. The van der Waals surface area contributed by atoms with E-state index in [1.54, 1.807) is 6.08 Å². The van der Waals surface area contributed by atoms with Crippen LogP contribution in [0.25, 0.3) is 0 Å². The number of rotatable bonds is 3. The van der Waals surface area contributed by atoms with Crippen LogP contribution in [0, 0.1) is 34.3 Å². The van der Waals surface area contributed by atoms with Crippen molar-refractivity contribution < 1.29 is 23.2 Å². The first-order chi connectivity index (χ1) is 14.5. The van der Waals surface area contributed by atoms with Crippen LogP contribution in [0.3, 0.4) is 0 Å². The SMILES string of the molecule is CC1(C)C2CCC1(C)C(C1=CC=C(NC(=O)NC(=O)c3c(F)cccc3F)C(=O)C1)C2. The predicted octanol–water partition coefficient (Wildman–Crippen LogP) is 4.65. The molecule has 7 heteroatoms. The van der Waals surface area contributed by atoms with E-state index in [2.05, 4.69) is 26.1 Å². The zero-order valence-corrected chi connectivity index (χ0v) is 17.9. The van der Waals surface area contributed by atoms with Gasteiger partial charge < -0.3 is 5.32 Å². The minimum absolute atomic E-state index is 0.0515. The average molecular weight is 428 g/mol. The third-order valence-electron chi connectivity index (χ3n) is 8.04. The lowest BCUT2D eigenvalue weighted by molar-refractivity contribution is -0.115. The Hall–Kier alpha value is -2.83. The minimum atomic E-state index is -1.22. The molecule has 4 rings (SSSR count). The van der Waals surface area contributed by atoms with Gasteiger partial charge in [0, 0.05) is 6.42 Å². The Kier molecular flexibility index (Phi) is 5.10. The summed E-state index contributed by atoms with van der Waals surface area (Å²) in [5.74, 6) is -2.63. The van der Waals surface area contributed by atoms with E-state index in [-0.39, 0.29) is 28.7 Å². The molecule has 0 aliphatic heterocycles. The van der Waals surface area contributed by atoms with Crippen LogP contribution >= 0.6 is 0 Å². The molecular formula is C24H26F2N2O3. The molecule has 5 nitrogen and oxygen atoms in total. The molecule has 31 heavy (non-hydrogen) atoms. The topological polar surface area (TPSA) is 75.3 Å². The molecule has 2 N–H and O–H groups in total. The van der Waals surface area contributed by atoms with Crippen LogP contribution in [-0.2, 0) is 4.79 Å². The summed E-state index contributed by atoms with van der Waals surface area (Å²) in [5, 5.41) is 4.20. The van der Waals surface area contributed by atoms with E-state index in [4.69, 9.17) is 0 Å². The Balaban J connectivity index is 1.45. The highest BCUT2D eigenvalue weighted by Gasteiger charge is 2.61. The molecule has 2 bridgehead atoms. The van der Waals surface area contributed by atoms with Gasteiger partial charge in [-0.05, 0) is 60.1 Å². The number of benzene rings is 1. The number of imide groups is 1. The lowest BCUT2D eigenvalue weighted by Gasteiger charge is -2.40. The van der Waals surface area contributed by atoms with Gasteiger partial charge in [0.05, 0.1) is 5.70 Å². The largest absolute Gasteiger partial charge is 0.326 e. The van der Waals surface area contributed by atoms with Gasteiger partial charge >= 0.3 is 6.03 Å². The summed E-state index contributed by atoms with van der Waals surface area (Å²) in [4.78, 5) is 36.9. The van der Waals surface area contributed by atoms with Crippen LogP contribution in [0.4, 0.5) is 13.6 Å². The number of hydrogen-bond donors (Lipinski definition) is 2. The normalized spacial score (nSPS) is 28.7. The molecule has 2 saturated carbocycles. The fraction of sp³-hybridized carbons (Fsp3) is 0.458. The fourth-order valence-corrected chi connectivity index (χ4v) is 5.77. The molecule has 3 unspecified atom stereocenters. The van der Waals surface area contributed by atoms with Crippen molar-refractivity contribution in [2.24, 2.45) is 22.7 Å². The van der Waals surface area contributed by atoms with Crippen molar-refractivity contribution in [1.82, 2.24) is 10.6 Å². The number of carbonyl (C=O) groups is 3. The molecule has 164 valence electrons. The monoisotopic (exact) mass is 428 g/mol. The first-order valence-corrected chi connectivity index (χ1v) is 10.5. The molecular weight excluding hydrogens is 402 g/mol. The van der Waals surface area contributed by atoms with Crippen LogP contribution in [-0.4, -0.2) is 17.7 Å². The van der Waals surface area contributed by atoms with Crippen LogP contribution < -0.4 is 10.6 Å². The summed E-state index contributed by atoms with van der Waals surface area (Å²) >= 11 is 0. The Morgan fingerprint density at radius 3 is 2.32 bits per heavy atom. The number of carbonyl (C=O) groups excluding carboxylic acids is 3. The number of allylic oxidation sites excluding steroid dienone is 4. The number of fused-ring (bicyclic) bond motifs is 2. The van der Waals surface area contributed by atoms with Gasteiger partial charge in [-0.3, -0.25) is 14.9 Å². The van der Waals surface area contributed by atoms with E-state index in [0.29, 0.717) is 11.8 Å². The Labute approximate surface area is 180 Å². The highest BCUT2D eigenvalue weighted by Crippen LogP contribution is 2.69. The number of nitrogens with one attached hydrogen (secondary N) is 2. The van der Waals surface area contributed by atoms with Crippen LogP contribution in [0.1, 0.15) is 56.8 Å². The van der Waals surface area contributed by atoms with E-state index < -0.39 is 29.1 Å². The standard InChI is InChI=1S/C24H26F2N2O3/c1-23(2)14-9-10-24(23,3)15(12-14)13-7-8-18(19(29)11-13)27-22(31)28-21(30)20-16(25)5-4-6-17(20)26/h4-8,14-15H,9-12H2,1-3H3,(H2,27,28,30,31). The molecule has 3 aliphatic rings. The summed E-state index contributed by atoms with van der Waals surface area (Å²) in [5.41, 5.74) is 0.659. The third kappa shape index (κ3) is 3.40. The van der Waals surface area contributed by atoms with Crippen molar-refractivity contribution in [3.8, 4) is 0 Å². The molecule has 0 spiro atoms. The summed E-state index contributed by atoms with van der Waals surface area (Å²) in [7, 11) is 0. The van der Waals surface area contributed by atoms with Crippen LogP contribution in [0.2, 0.25) is 0 Å². The quantitative estimate of drug-likeness (QED) is 0.736. The smallest absolute Gasteiger partial charge is 0.304 e. The third-order valence-corrected chi connectivity index (χ3v) is 8.04. The molecule has 3 amide bonds. The predicted molar refractivity (Wildman–Crippen MR) is 111 cm³/mol. The van der Waals surface area contributed by atoms with Gasteiger partial charge in [-0.1, -0.05) is 38.5 Å². The Bertz CT molecular complexity index is 1020. The maximum Gasteiger partial charge on any atom is 0.326 e. The first-order valence-electron chi connectivity index (χ1n) is 10.5. The second-order valence-corrected chi connectivity index (χ2v) is 9.59. The minimum Gasteiger partial charge on any atom is -0.304 e. The molecule has 3 atom stereocenters. The van der Waals surface area contributed by atoms with Crippen molar-refractivity contribution in [2.45, 2.75) is 46.5 Å². The van der Waals surface area contributed by atoms with Gasteiger partial charge in [0.15, 0.2) is 5.78 Å². The second-order valence-electron chi connectivity index (χ2n) is 9.59. The lowest BCUT2D eigenvalue weighted by Crippen LogP contribution is -2.41. The molecule has 0 aromatic heterocycles. The molecule has 0 saturated heterocycles. The summed E-state index contributed by atoms with van der Waals surface area (Å²) in [6.07, 6.45) is 7.10. The molecule has 2 fully saturated rings. The average Bonchev–Trinajstić information content (AvgIpc) is 3.02. The van der Waals surface area contributed by atoms with E-state index in [1.807, 2.05) is 11.4 Å². The summed E-state index contributed by atoms with van der Waals surface area (Å²) in [6.45, 7) is 6.95. The molecule has 0 radical (unpaired) electrons. The number of amides is 3. The van der Waals surface area contributed by atoms with Gasteiger partial charge in [-0.2, -0.15) is 0 Å². The number of urea groups is 1. The lowest BCUT2D eigenvalue weighted by atomic mass is 9.64. The number of hydrogen-bond acceptors (Lipinski definition) is 3. The van der Waals surface area contributed by atoms with Gasteiger partial charge in [0.2, 0.25) is 0 Å². The van der Waals surface area contributed by atoms with E-state index in [9.17, 15) is 23.2 Å². The fourth-order valence-electron chi connectivity index (χ4n) is 5.77. The van der Waals surface area contributed by atoms with E-state index in [0.717, 1.165) is 36.6 Å². The highest BCUT2D eigenvalue weighted by molar-refractivity contribution is 6.07. The number of Topliss-reactive ketones (excluding diaryl/α,β-unsaturated/α-hetero) is 1.